The number of halogens is 1. The summed E-state index contributed by atoms with van der Waals surface area (Å²) in [6.07, 6.45) is 0. The molecule has 0 saturated carbocycles. The molecule has 1 rings (SSSR count). The molecular weight excluding hydrogens is 232 g/mol. The normalized spacial score (nSPS) is 9.38. The van der Waals surface area contributed by atoms with Crippen LogP contribution in [0.3, 0.4) is 0 Å². The quantitative estimate of drug-likeness (QED) is 0.600. The third kappa shape index (κ3) is 2.42. The number of hydrogen-bond acceptors (Lipinski definition) is 2. The first-order valence-electron chi connectivity index (χ1n) is 3.68. The topological polar surface area (TPSA) is 26.3 Å². The van der Waals surface area contributed by atoms with Gasteiger partial charge in [-0.1, -0.05) is 6.58 Å². The molecule has 0 amide bonds. The summed E-state index contributed by atoms with van der Waals surface area (Å²) < 4.78 is 5.32. The minimum atomic E-state index is -0.109. The molecule has 0 spiro atoms. The van der Waals surface area contributed by atoms with E-state index in [1.807, 2.05) is 0 Å². The van der Waals surface area contributed by atoms with E-state index >= 15 is 0 Å². The van der Waals surface area contributed by atoms with E-state index < -0.39 is 0 Å². The minimum Gasteiger partial charge on any atom is -0.497 e. The number of methoxy groups -OCH3 is 1. The number of hydrogen-bond donors (Lipinski definition) is 0. The summed E-state index contributed by atoms with van der Waals surface area (Å²) in [5.41, 5.74) is 0.600. The molecule has 0 aromatic heterocycles. The summed E-state index contributed by atoms with van der Waals surface area (Å²) in [6.45, 7) is 3.51. The summed E-state index contributed by atoms with van der Waals surface area (Å²) in [6, 6.07) is 6.88. The van der Waals surface area contributed by atoms with Crippen LogP contribution in [-0.4, -0.2) is 12.9 Å². The molecule has 0 radical (unpaired) electrons. The second-order valence-electron chi connectivity index (χ2n) is 2.46. The van der Waals surface area contributed by atoms with Gasteiger partial charge in [0, 0.05) is 5.56 Å². The van der Waals surface area contributed by atoms with Crippen molar-refractivity contribution in [1.82, 2.24) is 0 Å². The Morgan fingerprint density at radius 2 is 1.92 bits per heavy atom. The van der Waals surface area contributed by atoms with E-state index in [9.17, 15) is 4.79 Å². The highest BCUT2D eigenvalue weighted by Gasteiger charge is 2.06. The first-order valence-corrected chi connectivity index (χ1v) is 4.47. The Morgan fingerprint density at radius 1 is 1.38 bits per heavy atom. The molecule has 2 nitrogen and oxygen atoms in total. The second kappa shape index (κ2) is 4.23. The summed E-state index contributed by atoms with van der Waals surface area (Å²) in [4.78, 5) is 11.4. The molecule has 0 N–H and O–H groups in total. The lowest BCUT2D eigenvalue weighted by atomic mass is 10.1. The van der Waals surface area contributed by atoms with Crippen molar-refractivity contribution in [1.29, 1.82) is 0 Å². The molecular formula is C10H9BrO2. The van der Waals surface area contributed by atoms with Crippen LogP contribution in [0.4, 0.5) is 0 Å². The smallest absolute Gasteiger partial charge is 0.199 e. The molecule has 0 aliphatic rings. The van der Waals surface area contributed by atoms with Crippen molar-refractivity contribution < 1.29 is 9.53 Å². The van der Waals surface area contributed by atoms with Crippen LogP contribution in [0.5, 0.6) is 5.75 Å². The summed E-state index contributed by atoms with van der Waals surface area (Å²) in [5, 5.41) is 0. The molecule has 0 saturated heterocycles. The van der Waals surface area contributed by atoms with E-state index in [1.54, 1.807) is 31.4 Å². The van der Waals surface area contributed by atoms with Crippen LogP contribution < -0.4 is 4.74 Å². The highest BCUT2D eigenvalue weighted by atomic mass is 79.9. The number of allylic oxidation sites excluding steroid dienone is 1. The zero-order chi connectivity index (χ0) is 9.84. The molecule has 68 valence electrons. The molecule has 0 aliphatic carbocycles. The van der Waals surface area contributed by atoms with Gasteiger partial charge >= 0.3 is 0 Å². The maximum atomic E-state index is 11.4. The van der Waals surface area contributed by atoms with Gasteiger partial charge in [0.1, 0.15) is 5.75 Å². The van der Waals surface area contributed by atoms with E-state index in [0.29, 0.717) is 10.0 Å². The van der Waals surface area contributed by atoms with Gasteiger partial charge in [-0.25, -0.2) is 0 Å². The average Bonchev–Trinajstić information content (AvgIpc) is 2.17. The van der Waals surface area contributed by atoms with Crippen LogP contribution >= 0.6 is 15.9 Å². The Bertz CT molecular complexity index is 327. The number of ether oxygens (including phenoxy) is 1. The van der Waals surface area contributed by atoms with Crippen molar-refractivity contribution in [2.24, 2.45) is 0 Å². The third-order valence-corrected chi connectivity index (χ3v) is 1.96. The van der Waals surface area contributed by atoms with Crippen molar-refractivity contribution in [3.05, 3.63) is 40.9 Å². The van der Waals surface area contributed by atoms with Crippen LogP contribution in [0.2, 0.25) is 0 Å². The van der Waals surface area contributed by atoms with Crippen LogP contribution in [-0.2, 0) is 0 Å². The van der Waals surface area contributed by atoms with Gasteiger partial charge in [0.15, 0.2) is 5.78 Å². The lowest BCUT2D eigenvalue weighted by Gasteiger charge is -2.00. The van der Waals surface area contributed by atoms with Crippen molar-refractivity contribution >= 4 is 21.7 Å². The maximum absolute atomic E-state index is 11.4. The average molecular weight is 241 g/mol. The number of carbonyl (C=O) groups excluding carboxylic acids is 1. The van der Waals surface area contributed by atoms with Crippen LogP contribution in [0, 0.1) is 0 Å². The zero-order valence-corrected chi connectivity index (χ0v) is 8.80. The van der Waals surface area contributed by atoms with Gasteiger partial charge < -0.3 is 4.74 Å². The van der Waals surface area contributed by atoms with E-state index in [2.05, 4.69) is 22.5 Å². The predicted molar refractivity (Wildman–Crippen MR) is 55.4 cm³/mol. The lowest BCUT2D eigenvalue weighted by Crippen LogP contribution is -1.97. The van der Waals surface area contributed by atoms with Gasteiger partial charge in [-0.3, -0.25) is 4.79 Å². The van der Waals surface area contributed by atoms with E-state index in [1.165, 1.54) is 0 Å². The highest BCUT2D eigenvalue weighted by Crippen LogP contribution is 2.15. The summed E-state index contributed by atoms with van der Waals surface area (Å²) in [7, 11) is 1.58. The molecule has 1 aromatic carbocycles. The molecule has 1 aromatic rings. The predicted octanol–water partition coefficient (Wildman–Crippen LogP) is 2.79. The van der Waals surface area contributed by atoms with Crippen LogP contribution in [0.1, 0.15) is 10.4 Å². The van der Waals surface area contributed by atoms with Gasteiger partial charge in [0.25, 0.3) is 0 Å². The van der Waals surface area contributed by atoms with Gasteiger partial charge in [-0.05, 0) is 40.2 Å². The van der Waals surface area contributed by atoms with E-state index in [4.69, 9.17) is 4.74 Å². The molecule has 3 heteroatoms. The molecule has 13 heavy (non-hydrogen) atoms. The Morgan fingerprint density at radius 3 is 2.31 bits per heavy atom. The van der Waals surface area contributed by atoms with Crippen LogP contribution in [0.15, 0.2) is 35.3 Å². The lowest BCUT2D eigenvalue weighted by molar-refractivity contribution is 0.104. The second-order valence-corrected chi connectivity index (χ2v) is 3.42. The van der Waals surface area contributed by atoms with Crippen molar-refractivity contribution in [3.8, 4) is 5.75 Å². The number of ketones is 1. The van der Waals surface area contributed by atoms with Crippen molar-refractivity contribution in [2.75, 3.05) is 7.11 Å². The maximum Gasteiger partial charge on any atom is 0.199 e. The molecule has 0 bridgehead atoms. The van der Waals surface area contributed by atoms with E-state index in [0.717, 1.165) is 5.75 Å². The monoisotopic (exact) mass is 240 g/mol. The molecule has 0 unspecified atom stereocenters. The molecule has 0 fully saturated rings. The Labute approximate surface area is 85.3 Å². The van der Waals surface area contributed by atoms with Crippen molar-refractivity contribution in [3.63, 3.8) is 0 Å². The number of Topliss-reactive ketones (excluding diaryl/α,β-unsaturated/α-hetero) is 1. The Kier molecular flexibility index (Phi) is 3.25. The highest BCUT2D eigenvalue weighted by molar-refractivity contribution is 9.12. The number of rotatable bonds is 3. The molecule has 0 aliphatic heterocycles. The van der Waals surface area contributed by atoms with Gasteiger partial charge in [-0.2, -0.15) is 0 Å². The number of carbonyl (C=O) groups is 1. The summed E-state index contributed by atoms with van der Waals surface area (Å²) >= 11 is 3.04. The molecule has 0 heterocycles. The van der Waals surface area contributed by atoms with Gasteiger partial charge in [-0.15, -0.1) is 0 Å². The van der Waals surface area contributed by atoms with Crippen molar-refractivity contribution in [2.45, 2.75) is 0 Å². The van der Waals surface area contributed by atoms with Gasteiger partial charge in [0.05, 0.1) is 11.6 Å². The minimum absolute atomic E-state index is 0.109. The van der Waals surface area contributed by atoms with Crippen LogP contribution in [0.25, 0.3) is 0 Å². The first kappa shape index (κ1) is 9.99. The Balaban J connectivity index is 2.92. The number of benzene rings is 1. The third-order valence-electron chi connectivity index (χ3n) is 1.60. The largest absolute Gasteiger partial charge is 0.497 e. The zero-order valence-electron chi connectivity index (χ0n) is 7.21. The first-order chi connectivity index (χ1) is 6.15. The fraction of sp³-hybridized carbons (Fsp3) is 0.100. The van der Waals surface area contributed by atoms with E-state index in [-0.39, 0.29) is 5.78 Å². The fourth-order valence-corrected chi connectivity index (χ4v) is 1.13. The molecule has 0 atom stereocenters. The standard InChI is InChI=1S/C10H9BrO2/c1-7(11)10(12)8-3-5-9(13-2)6-4-8/h3-6H,1H2,2H3. The Hall–Kier alpha value is -1.09. The SMILES string of the molecule is C=C(Br)C(=O)c1ccc(OC)cc1. The fourth-order valence-electron chi connectivity index (χ4n) is 0.899. The summed E-state index contributed by atoms with van der Waals surface area (Å²) in [5.74, 6) is 0.624. The van der Waals surface area contributed by atoms with Gasteiger partial charge in [0.2, 0.25) is 0 Å².